The summed E-state index contributed by atoms with van der Waals surface area (Å²) in [4.78, 5) is 14.3. The first-order valence-electron chi connectivity index (χ1n) is 8.55. The number of nitrogens with zero attached hydrogens (tertiary/aromatic N) is 2. The van der Waals surface area contributed by atoms with Gasteiger partial charge in [0.2, 0.25) is 0 Å². The Morgan fingerprint density at radius 2 is 2.04 bits per heavy atom. The van der Waals surface area contributed by atoms with Gasteiger partial charge >= 0.3 is 0 Å². The van der Waals surface area contributed by atoms with E-state index in [1.807, 2.05) is 36.4 Å². The van der Waals surface area contributed by atoms with Crippen molar-refractivity contribution in [1.82, 2.24) is 15.1 Å². The van der Waals surface area contributed by atoms with Crippen molar-refractivity contribution in [1.29, 1.82) is 0 Å². The number of rotatable bonds is 4. The number of carbonyl (C=O) groups is 1. The fourth-order valence-corrected chi connectivity index (χ4v) is 3.16. The van der Waals surface area contributed by atoms with Crippen LogP contribution in [0.4, 0.5) is 0 Å². The molecule has 1 amide bonds. The minimum Gasteiger partial charge on any atom is -0.486 e. The summed E-state index contributed by atoms with van der Waals surface area (Å²) in [5.41, 5.74) is 1.92. The van der Waals surface area contributed by atoms with Crippen LogP contribution < -0.4 is 9.47 Å². The minimum atomic E-state index is -0.232. The molecule has 1 N–H and O–H groups in total. The molecule has 138 valence electrons. The molecule has 1 aliphatic heterocycles. The maximum absolute atomic E-state index is 12.7. The largest absolute Gasteiger partial charge is 0.486 e. The number of amides is 1. The van der Waals surface area contributed by atoms with E-state index in [4.69, 9.17) is 21.1 Å². The van der Waals surface area contributed by atoms with E-state index in [0.717, 1.165) is 11.3 Å². The van der Waals surface area contributed by atoms with Crippen molar-refractivity contribution in [3.63, 3.8) is 0 Å². The predicted octanol–water partition coefficient (Wildman–Crippen LogP) is 3.64. The van der Waals surface area contributed by atoms with Crippen LogP contribution in [0.5, 0.6) is 11.5 Å². The van der Waals surface area contributed by atoms with Crippen LogP contribution in [0.1, 0.15) is 10.5 Å². The van der Waals surface area contributed by atoms with Crippen LogP contribution in [0.25, 0.3) is 11.3 Å². The average Bonchev–Trinajstić information content (AvgIpc) is 3.17. The van der Waals surface area contributed by atoms with E-state index in [2.05, 4.69) is 10.2 Å². The zero-order valence-electron chi connectivity index (χ0n) is 14.7. The molecule has 0 radical (unpaired) electrons. The molecule has 0 saturated carbocycles. The van der Waals surface area contributed by atoms with Crippen LogP contribution in [-0.2, 0) is 0 Å². The summed E-state index contributed by atoms with van der Waals surface area (Å²) in [5, 5.41) is 7.64. The Morgan fingerprint density at radius 1 is 1.22 bits per heavy atom. The van der Waals surface area contributed by atoms with Crippen molar-refractivity contribution in [2.45, 2.75) is 6.10 Å². The number of H-pyrrole nitrogens is 1. The molecule has 1 unspecified atom stereocenters. The van der Waals surface area contributed by atoms with Crippen molar-refractivity contribution in [2.75, 3.05) is 20.2 Å². The minimum absolute atomic E-state index is 0.168. The van der Waals surface area contributed by atoms with E-state index in [1.165, 1.54) is 0 Å². The molecule has 1 atom stereocenters. The summed E-state index contributed by atoms with van der Waals surface area (Å²) in [6, 6.07) is 16.6. The quantitative estimate of drug-likeness (QED) is 0.746. The summed E-state index contributed by atoms with van der Waals surface area (Å²) in [6.07, 6.45) is -0.232. The molecule has 1 aromatic heterocycles. The lowest BCUT2D eigenvalue weighted by Gasteiger charge is -2.29. The van der Waals surface area contributed by atoms with Crippen molar-refractivity contribution in [3.8, 4) is 22.8 Å². The van der Waals surface area contributed by atoms with Gasteiger partial charge in [0, 0.05) is 17.6 Å². The first-order chi connectivity index (χ1) is 13.1. The maximum Gasteiger partial charge on any atom is 0.271 e. The number of carbonyl (C=O) groups excluding carboxylic acids is 1. The fourth-order valence-electron chi connectivity index (χ4n) is 2.97. The Morgan fingerprint density at radius 3 is 2.85 bits per heavy atom. The number of nitrogens with one attached hydrogen (secondary N) is 1. The van der Waals surface area contributed by atoms with E-state index < -0.39 is 0 Å². The van der Waals surface area contributed by atoms with Crippen molar-refractivity contribution < 1.29 is 14.3 Å². The summed E-state index contributed by atoms with van der Waals surface area (Å²) < 4.78 is 11.6. The van der Waals surface area contributed by atoms with Crippen LogP contribution >= 0.6 is 11.6 Å². The molecule has 0 spiro atoms. The number of aromatic amines is 1. The second-order valence-corrected chi connectivity index (χ2v) is 6.80. The first kappa shape index (κ1) is 17.4. The molecule has 27 heavy (non-hydrogen) atoms. The zero-order valence-corrected chi connectivity index (χ0v) is 15.4. The smallest absolute Gasteiger partial charge is 0.271 e. The lowest BCUT2D eigenvalue weighted by atomic mass is 10.1. The van der Waals surface area contributed by atoms with Gasteiger partial charge in [-0.15, -0.1) is 0 Å². The highest BCUT2D eigenvalue weighted by Crippen LogP contribution is 2.31. The van der Waals surface area contributed by atoms with E-state index in [1.54, 1.807) is 30.1 Å². The summed E-state index contributed by atoms with van der Waals surface area (Å²) >= 11 is 6.02. The lowest BCUT2D eigenvalue weighted by molar-refractivity contribution is 0.0517. The normalized spacial score (nSPS) is 15.4. The molecule has 3 aromatic rings. The average molecular weight is 384 g/mol. The standard InChI is InChI=1S/C20H18ClN3O3/c1-24(11-15-12-26-18-7-2-3-8-19(18)27-15)20(25)17-10-16(22-23-17)13-5-4-6-14(21)9-13/h2-10,15H,11-12H2,1H3,(H,22,23). The first-order valence-corrected chi connectivity index (χ1v) is 8.93. The number of hydrogen-bond acceptors (Lipinski definition) is 4. The highest BCUT2D eigenvalue weighted by atomic mass is 35.5. The lowest BCUT2D eigenvalue weighted by Crippen LogP contribution is -2.41. The van der Waals surface area contributed by atoms with Crippen molar-refractivity contribution in [2.24, 2.45) is 0 Å². The number of fused-ring (bicyclic) bond motifs is 1. The molecule has 0 bridgehead atoms. The molecule has 1 aliphatic rings. The third-order valence-electron chi connectivity index (χ3n) is 4.32. The number of para-hydroxylation sites is 2. The monoisotopic (exact) mass is 383 g/mol. The number of halogens is 1. The molecular weight excluding hydrogens is 366 g/mol. The molecule has 2 aromatic carbocycles. The van der Waals surface area contributed by atoms with Crippen LogP contribution in [0.3, 0.4) is 0 Å². The number of benzene rings is 2. The molecular formula is C20H18ClN3O3. The topological polar surface area (TPSA) is 67.5 Å². The van der Waals surface area contributed by atoms with Crippen LogP contribution in [-0.4, -0.2) is 47.3 Å². The van der Waals surface area contributed by atoms with Gasteiger partial charge in [-0.1, -0.05) is 35.9 Å². The number of likely N-dealkylation sites (N-methyl/N-ethyl adjacent to an activating group) is 1. The third-order valence-corrected chi connectivity index (χ3v) is 4.56. The fraction of sp³-hybridized carbons (Fsp3) is 0.200. The SMILES string of the molecule is CN(CC1COc2ccccc2O1)C(=O)c1cc(-c2cccc(Cl)c2)n[nH]1. The number of hydrogen-bond donors (Lipinski definition) is 1. The Hall–Kier alpha value is -2.99. The van der Waals surface area contributed by atoms with Gasteiger partial charge in [0.25, 0.3) is 5.91 Å². The van der Waals surface area contributed by atoms with Gasteiger partial charge in [0.15, 0.2) is 17.6 Å². The van der Waals surface area contributed by atoms with E-state index in [0.29, 0.717) is 35.3 Å². The molecule has 0 saturated heterocycles. The van der Waals surface area contributed by atoms with Crippen LogP contribution in [0.2, 0.25) is 5.02 Å². The zero-order chi connectivity index (χ0) is 18.8. The van der Waals surface area contributed by atoms with Gasteiger partial charge in [-0.3, -0.25) is 9.89 Å². The van der Waals surface area contributed by atoms with Gasteiger partial charge in [-0.2, -0.15) is 5.10 Å². The van der Waals surface area contributed by atoms with Crippen molar-refractivity contribution >= 4 is 17.5 Å². The van der Waals surface area contributed by atoms with E-state index in [-0.39, 0.29) is 12.0 Å². The van der Waals surface area contributed by atoms with Crippen LogP contribution in [0, 0.1) is 0 Å². The van der Waals surface area contributed by atoms with Gasteiger partial charge in [0.05, 0.1) is 12.2 Å². The maximum atomic E-state index is 12.7. The van der Waals surface area contributed by atoms with Crippen LogP contribution in [0.15, 0.2) is 54.6 Å². The van der Waals surface area contributed by atoms with Gasteiger partial charge < -0.3 is 14.4 Å². The van der Waals surface area contributed by atoms with Gasteiger partial charge in [-0.25, -0.2) is 0 Å². The third kappa shape index (κ3) is 3.75. The molecule has 7 heteroatoms. The Kier molecular flexibility index (Phi) is 4.73. The molecule has 0 fully saturated rings. The summed E-state index contributed by atoms with van der Waals surface area (Å²) in [6.45, 7) is 0.796. The van der Waals surface area contributed by atoms with E-state index in [9.17, 15) is 4.79 Å². The van der Waals surface area contributed by atoms with E-state index >= 15 is 0 Å². The molecule has 2 heterocycles. The predicted molar refractivity (Wildman–Crippen MR) is 102 cm³/mol. The molecule has 0 aliphatic carbocycles. The molecule has 6 nitrogen and oxygen atoms in total. The second kappa shape index (κ2) is 7.32. The number of aromatic nitrogens is 2. The highest BCUT2D eigenvalue weighted by molar-refractivity contribution is 6.30. The summed E-state index contributed by atoms with van der Waals surface area (Å²) in [5.74, 6) is 1.25. The number of ether oxygens (including phenoxy) is 2. The van der Waals surface area contributed by atoms with Gasteiger partial charge in [0.1, 0.15) is 12.3 Å². The second-order valence-electron chi connectivity index (χ2n) is 6.36. The Balaban J connectivity index is 1.43. The molecule has 4 rings (SSSR count). The van der Waals surface area contributed by atoms with Crippen molar-refractivity contribution in [3.05, 3.63) is 65.3 Å². The van der Waals surface area contributed by atoms with Gasteiger partial charge in [-0.05, 0) is 30.3 Å². The highest BCUT2D eigenvalue weighted by Gasteiger charge is 2.25. The summed E-state index contributed by atoms with van der Waals surface area (Å²) in [7, 11) is 1.73. The Labute approximate surface area is 161 Å². The Bertz CT molecular complexity index is 972.